The minimum Gasteiger partial charge on any atom is -0.479 e. The van der Waals surface area contributed by atoms with Crippen LogP contribution in [0.25, 0.3) is 0 Å². The lowest BCUT2D eigenvalue weighted by atomic mass is 9.98. The zero-order chi connectivity index (χ0) is 15.6. The molecule has 10 nitrogen and oxygen atoms in total. The molecule has 1 aromatic heterocycles. The molecule has 0 aliphatic carbocycles. The molecule has 21 heavy (non-hydrogen) atoms. The van der Waals surface area contributed by atoms with Crippen LogP contribution in [0.1, 0.15) is 10.5 Å². The van der Waals surface area contributed by atoms with Crippen LogP contribution in [0.15, 0.2) is 18.6 Å². The molecule has 1 fully saturated rings. The van der Waals surface area contributed by atoms with Crippen molar-refractivity contribution in [2.24, 2.45) is 0 Å². The number of aromatic nitrogens is 2. The van der Waals surface area contributed by atoms with Crippen molar-refractivity contribution in [1.82, 2.24) is 15.3 Å². The van der Waals surface area contributed by atoms with Gasteiger partial charge in [0.05, 0.1) is 6.20 Å². The lowest BCUT2D eigenvalue weighted by Crippen LogP contribution is -2.64. The first kappa shape index (κ1) is 15.3. The van der Waals surface area contributed by atoms with Gasteiger partial charge in [-0.2, -0.15) is 0 Å². The topological polar surface area (TPSA) is 162 Å². The van der Waals surface area contributed by atoms with Crippen LogP contribution >= 0.6 is 0 Å². The smallest absolute Gasteiger partial charge is 0.335 e. The van der Waals surface area contributed by atoms with Crippen molar-refractivity contribution in [2.75, 3.05) is 0 Å². The standard InChI is InChI=1S/C11H13N3O7/c15-5-6(16)8(11(19)20)21-10(7(5)17)14-9(18)4-3-12-1-2-13-4/h1-3,5-8,10,15-17H,(H,14,18)(H,19,20)/t5?,6-,7?,8?,10+/m0/s1. The van der Waals surface area contributed by atoms with Crippen LogP contribution in [0.2, 0.25) is 0 Å². The number of aliphatic hydroxyl groups excluding tert-OH is 3. The van der Waals surface area contributed by atoms with E-state index in [4.69, 9.17) is 9.84 Å². The number of nitrogens with zero attached hydrogens (tertiary/aromatic N) is 2. The first-order valence-corrected chi connectivity index (χ1v) is 5.91. The van der Waals surface area contributed by atoms with Gasteiger partial charge in [-0.3, -0.25) is 9.78 Å². The Labute approximate surface area is 118 Å². The number of carboxylic acid groups (broad SMARTS) is 1. The first-order chi connectivity index (χ1) is 9.91. The van der Waals surface area contributed by atoms with Crippen molar-refractivity contribution in [3.8, 4) is 0 Å². The van der Waals surface area contributed by atoms with Gasteiger partial charge >= 0.3 is 5.97 Å². The van der Waals surface area contributed by atoms with Crippen molar-refractivity contribution < 1.29 is 34.8 Å². The highest BCUT2D eigenvalue weighted by Crippen LogP contribution is 2.20. The fourth-order valence-corrected chi connectivity index (χ4v) is 1.82. The molecule has 0 bridgehead atoms. The summed E-state index contributed by atoms with van der Waals surface area (Å²) in [4.78, 5) is 30.1. The summed E-state index contributed by atoms with van der Waals surface area (Å²) < 4.78 is 4.90. The Hall–Kier alpha value is -2.14. The minimum absolute atomic E-state index is 0.0826. The summed E-state index contributed by atoms with van der Waals surface area (Å²) in [5.74, 6) is -2.31. The van der Waals surface area contributed by atoms with E-state index in [1.807, 2.05) is 0 Å². The van der Waals surface area contributed by atoms with Gasteiger partial charge in [0.15, 0.2) is 12.3 Å². The summed E-state index contributed by atoms with van der Waals surface area (Å²) in [6.07, 6.45) is -4.82. The van der Waals surface area contributed by atoms with Gasteiger partial charge in [-0.15, -0.1) is 0 Å². The predicted molar refractivity (Wildman–Crippen MR) is 63.8 cm³/mol. The van der Waals surface area contributed by atoms with Gasteiger partial charge in [0, 0.05) is 12.4 Å². The Balaban J connectivity index is 2.11. The number of carboxylic acids is 1. The molecule has 1 aliphatic rings. The van der Waals surface area contributed by atoms with Crippen LogP contribution in [0.4, 0.5) is 0 Å². The van der Waals surface area contributed by atoms with Crippen LogP contribution in [-0.4, -0.2) is 72.9 Å². The molecule has 2 rings (SSSR count). The molecule has 0 spiro atoms. The fourth-order valence-electron chi connectivity index (χ4n) is 1.82. The summed E-state index contributed by atoms with van der Waals surface area (Å²) in [5, 5.41) is 39.9. The molecule has 114 valence electrons. The van der Waals surface area contributed by atoms with Crippen LogP contribution in [0.5, 0.6) is 0 Å². The van der Waals surface area contributed by atoms with E-state index in [2.05, 4.69) is 15.3 Å². The van der Waals surface area contributed by atoms with Crippen molar-refractivity contribution in [3.05, 3.63) is 24.3 Å². The Morgan fingerprint density at radius 2 is 1.86 bits per heavy atom. The number of nitrogens with one attached hydrogen (secondary N) is 1. The number of hydrogen-bond acceptors (Lipinski definition) is 8. The number of carbonyl (C=O) groups is 2. The highest BCUT2D eigenvalue weighted by atomic mass is 16.6. The number of carbonyl (C=O) groups excluding carboxylic acids is 1. The molecule has 1 aromatic rings. The third-order valence-corrected chi connectivity index (χ3v) is 2.93. The summed E-state index contributed by atoms with van der Waals surface area (Å²) in [6.45, 7) is 0. The van der Waals surface area contributed by atoms with Gasteiger partial charge in [0.25, 0.3) is 5.91 Å². The van der Waals surface area contributed by atoms with Gasteiger partial charge in [-0.1, -0.05) is 0 Å². The summed E-state index contributed by atoms with van der Waals surface area (Å²) in [5.41, 5.74) is -0.0826. The molecule has 0 saturated carbocycles. The third-order valence-electron chi connectivity index (χ3n) is 2.93. The molecule has 1 aliphatic heterocycles. The number of rotatable bonds is 3. The second-order valence-electron chi connectivity index (χ2n) is 4.35. The van der Waals surface area contributed by atoms with E-state index < -0.39 is 42.5 Å². The van der Waals surface area contributed by atoms with Gasteiger partial charge < -0.3 is 30.5 Å². The average molecular weight is 299 g/mol. The predicted octanol–water partition coefficient (Wildman–Crippen LogP) is -2.90. The molecule has 5 N–H and O–H groups in total. The van der Waals surface area contributed by atoms with Crippen LogP contribution in [-0.2, 0) is 9.53 Å². The zero-order valence-electron chi connectivity index (χ0n) is 10.5. The molecule has 0 aromatic carbocycles. The maximum absolute atomic E-state index is 11.8. The van der Waals surface area contributed by atoms with Gasteiger partial charge in [-0.25, -0.2) is 9.78 Å². The molecule has 5 atom stereocenters. The number of aliphatic carboxylic acids is 1. The van der Waals surface area contributed by atoms with Crippen molar-refractivity contribution >= 4 is 11.9 Å². The van der Waals surface area contributed by atoms with E-state index in [0.29, 0.717) is 0 Å². The molecule has 1 saturated heterocycles. The van der Waals surface area contributed by atoms with Gasteiger partial charge in [-0.05, 0) is 0 Å². The maximum Gasteiger partial charge on any atom is 0.335 e. The average Bonchev–Trinajstić information content (AvgIpc) is 2.48. The summed E-state index contributed by atoms with van der Waals surface area (Å²) >= 11 is 0. The fraction of sp³-hybridized carbons (Fsp3) is 0.455. The largest absolute Gasteiger partial charge is 0.479 e. The molecule has 0 radical (unpaired) electrons. The van der Waals surface area contributed by atoms with E-state index in [0.717, 1.165) is 6.20 Å². The summed E-state index contributed by atoms with van der Waals surface area (Å²) in [7, 11) is 0. The van der Waals surface area contributed by atoms with E-state index in [-0.39, 0.29) is 5.69 Å². The number of ether oxygens (including phenoxy) is 1. The van der Waals surface area contributed by atoms with Crippen LogP contribution in [0.3, 0.4) is 0 Å². The summed E-state index contributed by atoms with van der Waals surface area (Å²) in [6, 6.07) is 0. The number of hydrogen-bond donors (Lipinski definition) is 5. The van der Waals surface area contributed by atoms with Gasteiger partial charge in [0.2, 0.25) is 0 Å². The Morgan fingerprint density at radius 3 is 2.43 bits per heavy atom. The van der Waals surface area contributed by atoms with Crippen LogP contribution < -0.4 is 5.32 Å². The zero-order valence-corrected chi connectivity index (χ0v) is 10.5. The lowest BCUT2D eigenvalue weighted by molar-refractivity contribution is -0.231. The Bertz CT molecular complexity index is 526. The Morgan fingerprint density at radius 1 is 1.14 bits per heavy atom. The molecule has 10 heteroatoms. The highest BCUT2D eigenvalue weighted by molar-refractivity contribution is 5.92. The SMILES string of the molecule is O=C(N[C@@H]1OC(C(=O)O)[C@@H](O)C(O)C1O)c1cnccn1. The van der Waals surface area contributed by atoms with Gasteiger partial charge in [0.1, 0.15) is 24.0 Å². The van der Waals surface area contributed by atoms with E-state index in [1.54, 1.807) is 0 Å². The van der Waals surface area contributed by atoms with Crippen molar-refractivity contribution in [3.63, 3.8) is 0 Å². The number of amides is 1. The second-order valence-corrected chi connectivity index (χ2v) is 4.35. The minimum atomic E-state index is -1.82. The molecule has 1 amide bonds. The highest BCUT2D eigenvalue weighted by Gasteiger charge is 2.47. The first-order valence-electron chi connectivity index (χ1n) is 5.91. The van der Waals surface area contributed by atoms with Crippen molar-refractivity contribution in [1.29, 1.82) is 0 Å². The van der Waals surface area contributed by atoms with E-state index in [1.165, 1.54) is 12.4 Å². The molecule has 2 heterocycles. The molecular weight excluding hydrogens is 286 g/mol. The maximum atomic E-state index is 11.8. The number of aliphatic hydroxyl groups is 3. The van der Waals surface area contributed by atoms with E-state index in [9.17, 15) is 24.9 Å². The lowest BCUT2D eigenvalue weighted by Gasteiger charge is -2.38. The van der Waals surface area contributed by atoms with E-state index >= 15 is 0 Å². The third kappa shape index (κ3) is 3.13. The molecular formula is C11H13N3O7. The quantitative estimate of drug-likeness (QED) is 0.394. The second kappa shape index (κ2) is 6.10. The molecule has 3 unspecified atom stereocenters. The normalized spacial score (nSPS) is 32.4. The van der Waals surface area contributed by atoms with Crippen LogP contribution in [0, 0.1) is 0 Å². The van der Waals surface area contributed by atoms with Crippen molar-refractivity contribution in [2.45, 2.75) is 30.6 Å². The monoisotopic (exact) mass is 299 g/mol. The Kier molecular flexibility index (Phi) is 4.43.